The summed E-state index contributed by atoms with van der Waals surface area (Å²) in [5.74, 6) is -0.480. The molecule has 0 saturated carbocycles. The van der Waals surface area contributed by atoms with E-state index in [9.17, 15) is 13.2 Å². The number of benzene rings is 1. The molecule has 1 aliphatic heterocycles. The van der Waals surface area contributed by atoms with Gasteiger partial charge in [-0.1, -0.05) is 0 Å². The second kappa shape index (κ2) is 5.40. The van der Waals surface area contributed by atoms with E-state index < -0.39 is 15.8 Å². The van der Waals surface area contributed by atoms with Crippen molar-refractivity contribution in [1.29, 1.82) is 0 Å². The number of aromatic nitrogens is 2. The molecule has 0 atom stereocenters. The molecule has 1 saturated heterocycles. The predicted octanol–water partition coefficient (Wildman–Crippen LogP) is 1.71. The second-order valence-electron chi connectivity index (χ2n) is 4.93. The number of ether oxygens (including phenoxy) is 1. The van der Waals surface area contributed by atoms with Gasteiger partial charge in [0.15, 0.2) is 9.84 Å². The highest BCUT2D eigenvalue weighted by Gasteiger charge is 2.35. The summed E-state index contributed by atoms with van der Waals surface area (Å²) >= 11 is 3.36. The van der Waals surface area contributed by atoms with E-state index in [1.165, 1.54) is 6.07 Å². The molecule has 0 aliphatic carbocycles. The molecule has 2 N–H and O–H groups in total. The lowest BCUT2D eigenvalue weighted by Gasteiger charge is -2.27. The smallest absolute Gasteiger partial charge is 0.353 e. The maximum atomic E-state index is 11.1. The van der Waals surface area contributed by atoms with Crippen molar-refractivity contribution in [1.82, 2.24) is 10.2 Å². The van der Waals surface area contributed by atoms with E-state index >= 15 is 0 Å². The molecule has 22 heavy (non-hydrogen) atoms. The molecule has 7 nitrogen and oxygen atoms in total. The molecule has 0 radical (unpaired) electrons. The van der Waals surface area contributed by atoms with E-state index in [1.54, 1.807) is 18.2 Å². The maximum absolute atomic E-state index is 11.1. The number of carbonyl (C=O) groups is 1. The van der Waals surface area contributed by atoms with Crippen LogP contribution in [0.15, 0.2) is 28.7 Å². The molecule has 2 heterocycles. The van der Waals surface area contributed by atoms with Crippen molar-refractivity contribution in [3.8, 4) is 17.0 Å². The lowest BCUT2D eigenvalue weighted by atomic mass is 10.1. The van der Waals surface area contributed by atoms with E-state index in [2.05, 4.69) is 26.1 Å². The summed E-state index contributed by atoms with van der Waals surface area (Å²) in [4.78, 5) is 10.8. The first kappa shape index (κ1) is 15.0. The van der Waals surface area contributed by atoms with Gasteiger partial charge in [0.05, 0.1) is 21.7 Å². The molecule has 116 valence electrons. The Morgan fingerprint density at radius 2 is 2.09 bits per heavy atom. The van der Waals surface area contributed by atoms with Gasteiger partial charge in [-0.2, -0.15) is 5.10 Å². The molecule has 9 heteroatoms. The van der Waals surface area contributed by atoms with Gasteiger partial charge in [-0.05, 0) is 40.2 Å². The third-order valence-corrected chi connectivity index (χ3v) is 5.59. The molecule has 1 aliphatic rings. The number of halogens is 1. The number of carboxylic acid groups (broad SMARTS) is 1. The van der Waals surface area contributed by atoms with E-state index in [0.29, 0.717) is 21.5 Å². The van der Waals surface area contributed by atoms with Crippen LogP contribution in [0.1, 0.15) is 10.5 Å². The number of rotatable bonds is 4. The zero-order valence-corrected chi connectivity index (χ0v) is 13.5. The number of nitrogens with zero attached hydrogens (tertiary/aromatic N) is 1. The lowest BCUT2D eigenvalue weighted by molar-refractivity contribution is 0.0690. The zero-order chi connectivity index (χ0) is 15.9. The van der Waals surface area contributed by atoms with Crippen molar-refractivity contribution >= 4 is 31.7 Å². The summed E-state index contributed by atoms with van der Waals surface area (Å²) in [7, 11) is -2.93. The Morgan fingerprint density at radius 1 is 1.36 bits per heavy atom. The monoisotopic (exact) mass is 386 g/mol. The number of carboxylic acids is 1. The van der Waals surface area contributed by atoms with Gasteiger partial charge in [0, 0.05) is 5.56 Å². The van der Waals surface area contributed by atoms with Gasteiger partial charge in [-0.25, -0.2) is 13.2 Å². The van der Waals surface area contributed by atoms with E-state index in [0.717, 1.165) is 0 Å². The average Bonchev–Trinajstić information content (AvgIpc) is 2.88. The molecule has 0 unspecified atom stereocenters. The fourth-order valence-corrected chi connectivity index (χ4v) is 3.74. The van der Waals surface area contributed by atoms with Crippen LogP contribution < -0.4 is 4.74 Å². The summed E-state index contributed by atoms with van der Waals surface area (Å²) in [6.45, 7) is 0. The van der Waals surface area contributed by atoms with Crippen LogP contribution >= 0.6 is 15.9 Å². The van der Waals surface area contributed by atoms with Crippen LogP contribution in [0.25, 0.3) is 11.3 Å². The second-order valence-corrected chi connectivity index (χ2v) is 7.94. The number of aromatic amines is 1. The van der Waals surface area contributed by atoms with Crippen LogP contribution in [-0.4, -0.2) is 47.3 Å². The van der Waals surface area contributed by atoms with Crippen molar-refractivity contribution < 1.29 is 23.1 Å². The van der Waals surface area contributed by atoms with Gasteiger partial charge < -0.3 is 9.84 Å². The minimum atomic E-state index is -2.93. The van der Waals surface area contributed by atoms with Crippen molar-refractivity contribution in [2.24, 2.45) is 0 Å². The summed E-state index contributed by atoms with van der Waals surface area (Å²) in [6, 6.07) is 6.60. The van der Waals surface area contributed by atoms with Gasteiger partial charge in [-0.15, -0.1) is 0 Å². The Bertz CT molecular complexity index is 834. The highest BCUT2D eigenvalue weighted by Crippen LogP contribution is 2.32. The van der Waals surface area contributed by atoms with Crippen LogP contribution in [0.2, 0.25) is 0 Å². The first-order valence-electron chi connectivity index (χ1n) is 6.30. The fraction of sp³-hybridized carbons (Fsp3) is 0.231. The Labute approximate surface area is 134 Å². The zero-order valence-electron chi connectivity index (χ0n) is 11.1. The van der Waals surface area contributed by atoms with Gasteiger partial charge in [0.25, 0.3) is 0 Å². The molecule has 0 bridgehead atoms. The van der Waals surface area contributed by atoms with Crippen LogP contribution in [0.3, 0.4) is 0 Å². The largest absolute Gasteiger partial charge is 0.487 e. The number of sulfone groups is 1. The van der Waals surface area contributed by atoms with Crippen LogP contribution in [0.4, 0.5) is 0 Å². The van der Waals surface area contributed by atoms with Gasteiger partial charge in [0.2, 0.25) is 0 Å². The van der Waals surface area contributed by atoms with Crippen molar-refractivity contribution in [2.75, 3.05) is 11.5 Å². The standard InChI is InChI=1S/C13H11BrN2O5S/c14-9-3-7(10-4-11(13(17)18)16-15-10)1-2-12(9)21-8-5-22(19,20)6-8/h1-4,8H,5-6H2,(H,15,16)(H,17,18). The van der Waals surface area contributed by atoms with E-state index in [4.69, 9.17) is 9.84 Å². The topological polar surface area (TPSA) is 109 Å². The molecular weight excluding hydrogens is 376 g/mol. The summed E-state index contributed by atoms with van der Waals surface area (Å²) in [6.07, 6.45) is -0.323. The van der Waals surface area contributed by atoms with Gasteiger partial charge in [-0.3, -0.25) is 5.10 Å². The number of H-pyrrole nitrogens is 1. The highest BCUT2D eigenvalue weighted by atomic mass is 79.9. The minimum Gasteiger partial charge on any atom is -0.487 e. The molecule has 3 rings (SSSR count). The predicted molar refractivity (Wildman–Crippen MR) is 81.8 cm³/mol. The lowest BCUT2D eigenvalue weighted by Crippen LogP contribution is -2.45. The minimum absolute atomic E-state index is 0.00567. The molecule has 1 aromatic carbocycles. The molecule has 0 amide bonds. The van der Waals surface area contributed by atoms with Crippen molar-refractivity contribution in [2.45, 2.75) is 6.10 Å². The van der Waals surface area contributed by atoms with Crippen molar-refractivity contribution in [3.05, 3.63) is 34.4 Å². The van der Waals surface area contributed by atoms with Crippen LogP contribution in [-0.2, 0) is 9.84 Å². The summed E-state index contributed by atoms with van der Waals surface area (Å²) in [5, 5.41) is 15.2. The third kappa shape index (κ3) is 3.00. The summed E-state index contributed by atoms with van der Waals surface area (Å²) in [5.41, 5.74) is 1.21. The van der Waals surface area contributed by atoms with Crippen LogP contribution in [0.5, 0.6) is 5.75 Å². The average molecular weight is 387 g/mol. The van der Waals surface area contributed by atoms with Crippen LogP contribution in [0, 0.1) is 0 Å². The number of hydrogen-bond acceptors (Lipinski definition) is 5. The normalized spacial score (nSPS) is 17.0. The Balaban J connectivity index is 1.78. The highest BCUT2D eigenvalue weighted by molar-refractivity contribution is 9.10. The van der Waals surface area contributed by atoms with Gasteiger partial charge in [0.1, 0.15) is 17.5 Å². The molecule has 0 spiro atoms. The number of hydrogen-bond donors (Lipinski definition) is 2. The first-order chi connectivity index (χ1) is 10.3. The number of aromatic carboxylic acids is 1. The molecule has 1 aromatic heterocycles. The third-order valence-electron chi connectivity index (χ3n) is 3.21. The van der Waals surface area contributed by atoms with Gasteiger partial charge >= 0.3 is 5.97 Å². The SMILES string of the molecule is O=C(O)c1cc(-c2ccc(OC3CS(=O)(=O)C3)c(Br)c2)n[nH]1. The molecular formula is C13H11BrN2O5S. The Morgan fingerprint density at radius 3 is 2.64 bits per heavy atom. The Kier molecular flexibility index (Phi) is 3.69. The number of nitrogens with one attached hydrogen (secondary N) is 1. The Hall–Kier alpha value is -1.87. The van der Waals surface area contributed by atoms with E-state index in [-0.39, 0.29) is 23.3 Å². The summed E-state index contributed by atoms with van der Waals surface area (Å²) < 4.78 is 28.5. The fourth-order valence-electron chi connectivity index (χ4n) is 2.10. The maximum Gasteiger partial charge on any atom is 0.353 e. The first-order valence-corrected chi connectivity index (χ1v) is 8.91. The molecule has 1 fully saturated rings. The van der Waals surface area contributed by atoms with E-state index in [1.807, 2.05) is 0 Å². The molecule has 2 aromatic rings. The quantitative estimate of drug-likeness (QED) is 0.827. The van der Waals surface area contributed by atoms with Crippen molar-refractivity contribution in [3.63, 3.8) is 0 Å².